The molecule has 28 heavy (non-hydrogen) atoms. The van der Waals surface area contributed by atoms with E-state index in [1.54, 1.807) is 6.07 Å². The van der Waals surface area contributed by atoms with Gasteiger partial charge in [0, 0.05) is 32.7 Å². The van der Waals surface area contributed by atoms with Gasteiger partial charge in [-0.1, -0.05) is 51.3 Å². The third-order valence-electron chi connectivity index (χ3n) is 4.71. The number of fused-ring (bicyclic) bond motifs is 1. The lowest BCUT2D eigenvalue weighted by Gasteiger charge is -2.20. The van der Waals surface area contributed by atoms with Crippen LogP contribution in [-0.4, -0.2) is 14.4 Å². The van der Waals surface area contributed by atoms with Crippen molar-refractivity contribution in [3.63, 3.8) is 0 Å². The second-order valence-corrected chi connectivity index (χ2v) is 9.83. The molecule has 0 saturated carbocycles. The number of hydrogen-bond donors (Lipinski definition) is 2. The van der Waals surface area contributed by atoms with Crippen LogP contribution >= 0.6 is 46.7 Å². The van der Waals surface area contributed by atoms with Crippen molar-refractivity contribution in [3.8, 4) is 0 Å². The Balaban J connectivity index is 2.08. The molecular formula is C18H15BrCl2F2NO3P. The highest BCUT2D eigenvalue weighted by atomic mass is 79.9. The molecular weight excluding hydrogens is 498 g/mol. The second kappa shape index (κ2) is 7.38. The predicted octanol–water partition coefficient (Wildman–Crippen LogP) is 6.60. The zero-order chi connectivity index (χ0) is 21.0. The van der Waals surface area contributed by atoms with Gasteiger partial charge in [0.25, 0.3) is 0 Å². The molecule has 3 aromatic rings. The molecule has 3 rings (SSSR count). The zero-order valence-electron chi connectivity index (χ0n) is 14.7. The first-order chi connectivity index (χ1) is 12.8. The number of aromatic nitrogens is 1. The Labute approximate surface area is 178 Å². The molecule has 150 valence electrons. The summed E-state index contributed by atoms with van der Waals surface area (Å²) in [5.41, 5.74) is -1.66. The fraction of sp³-hybridized carbons (Fsp3) is 0.222. The summed E-state index contributed by atoms with van der Waals surface area (Å²) in [6.45, 7) is 4.20. The molecule has 4 nitrogen and oxygen atoms in total. The average molecular weight is 513 g/mol. The molecule has 2 N–H and O–H groups in total. The Morgan fingerprint density at radius 2 is 1.82 bits per heavy atom. The van der Waals surface area contributed by atoms with E-state index in [-0.39, 0.29) is 4.47 Å². The van der Waals surface area contributed by atoms with E-state index in [1.807, 2.05) is 24.5 Å². The van der Waals surface area contributed by atoms with Crippen molar-refractivity contribution in [3.05, 3.63) is 67.2 Å². The number of alkyl halides is 2. The van der Waals surface area contributed by atoms with Crippen LogP contribution in [0.4, 0.5) is 8.78 Å². The molecule has 0 radical (unpaired) electrons. The van der Waals surface area contributed by atoms with E-state index in [1.165, 1.54) is 12.1 Å². The van der Waals surface area contributed by atoms with Crippen molar-refractivity contribution in [2.45, 2.75) is 26.1 Å². The van der Waals surface area contributed by atoms with Crippen LogP contribution in [0.3, 0.4) is 0 Å². The fourth-order valence-corrected chi connectivity index (χ4v) is 5.06. The molecule has 0 unspecified atom stereocenters. The highest BCUT2D eigenvalue weighted by molar-refractivity contribution is 9.10. The molecule has 2 aromatic carbocycles. The minimum Gasteiger partial charge on any atom is -0.339 e. The van der Waals surface area contributed by atoms with Gasteiger partial charge in [-0.2, -0.15) is 8.78 Å². The van der Waals surface area contributed by atoms with Gasteiger partial charge >= 0.3 is 13.3 Å². The molecule has 0 aliphatic rings. The molecule has 0 saturated heterocycles. The molecule has 0 aliphatic heterocycles. The maximum absolute atomic E-state index is 14.0. The SMILES string of the molecule is Cc1c(C)n(Cc2ccc(C(F)(F)P(=O)(O)O)c(Br)c2)c2c(Cl)cc(Cl)cc12. The molecule has 0 spiro atoms. The van der Waals surface area contributed by atoms with Crippen LogP contribution in [0.2, 0.25) is 10.0 Å². The lowest BCUT2D eigenvalue weighted by Crippen LogP contribution is -2.15. The maximum Gasteiger partial charge on any atom is 0.399 e. The summed E-state index contributed by atoms with van der Waals surface area (Å²) in [5.74, 6) is 0. The van der Waals surface area contributed by atoms with Gasteiger partial charge in [0.05, 0.1) is 10.5 Å². The largest absolute Gasteiger partial charge is 0.399 e. The highest BCUT2D eigenvalue weighted by Gasteiger charge is 2.51. The van der Waals surface area contributed by atoms with Crippen LogP contribution < -0.4 is 0 Å². The first kappa shape index (κ1) is 21.8. The summed E-state index contributed by atoms with van der Waals surface area (Å²) in [4.78, 5) is 17.9. The molecule has 10 heteroatoms. The van der Waals surface area contributed by atoms with E-state index >= 15 is 0 Å². The standard InChI is InChI=1S/C18H15BrCl2F2NO3P/c1-9-10(2)24(17-13(9)6-12(20)7-16(17)21)8-11-3-4-14(15(19)5-11)18(22,23)28(25,26)27/h3-7H,8H2,1-2H3,(H2,25,26,27). The quantitative estimate of drug-likeness (QED) is 0.387. The maximum atomic E-state index is 14.0. The number of hydrogen-bond acceptors (Lipinski definition) is 1. The van der Waals surface area contributed by atoms with Crippen molar-refractivity contribution in [2.24, 2.45) is 0 Å². The van der Waals surface area contributed by atoms with Crippen molar-refractivity contribution in [1.82, 2.24) is 4.57 Å². The minimum absolute atomic E-state index is 0.0849. The van der Waals surface area contributed by atoms with Gasteiger partial charge in [0.1, 0.15) is 0 Å². The summed E-state index contributed by atoms with van der Waals surface area (Å²) in [6.07, 6.45) is 0. The molecule has 0 amide bonds. The van der Waals surface area contributed by atoms with Gasteiger partial charge in [0.2, 0.25) is 0 Å². The predicted molar refractivity (Wildman–Crippen MR) is 111 cm³/mol. The number of benzene rings is 2. The minimum atomic E-state index is -5.65. The Morgan fingerprint density at radius 3 is 2.39 bits per heavy atom. The molecule has 0 fully saturated rings. The van der Waals surface area contributed by atoms with Crippen LogP contribution in [-0.2, 0) is 16.8 Å². The van der Waals surface area contributed by atoms with E-state index in [0.29, 0.717) is 22.2 Å². The first-order valence-electron chi connectivity index (χ1n) is 8.01. The average Bonchev–Trinajstić information content (AvgIpc) is 2.79. The van der Waals surface area contributed by atoms with Gasteiger partial charge in [0.15, 0.2) is 0 Å². The summed E-state index contributed by atoms with van der Waals surface area (Å²) < 4.78 is 41.0. The summed E-state index contributed by atoms with van der Waals surface area (Å²) in [7, 11) is -5.65. The van der Waals surface area contributed by atoms with Crippen LogP contribution in [0.15, 0.2) is 34.8 Å². The van der Waals surface area contributed by atoms with Gasteiger partial charge in [-0.05, 0) is 43.2 Å². The van der Waals surface area contributed by atoms with E-state index in [0.717, 1.165) is 28.2 Å². The van der Waals surface area contributed by atoms with E-state index in [2.05, 4.69) is 15.9 Å². The van der Waals surface area contributed by atoms with Crippen molar-refractivity contribution < 1.29 is 23.1 Å². The normalized spacial score (nSPS) is 12.8. The number of aryl methyl sites for hydroxylation is 1. The second-order valence-electron chi connectivity index (χ2n) is 6.48. The van der Waals surface area contributed by atoms with E-state index in [4.69, 9.17) is 33.0 Å². The van der Waals surface area contributed by atoms with Crippen LogP contribution in [0.5, 0.6) is 0 Å². The molecule has 0 bridgehead atoms. The van der Waals surface area contributed by atoms with Crippen LogP contribution in [0.25, 0.3) is 10.9 Å². The number of halogens is 5. The number of nitrogens with zero attached hydrogens (tertiary/aromatic N) is 1. The summed E-state index contributed by atoms with van der Waals surface area (Å²) in [6, 6.07) is 7.31. The molecule has 1 heterocycles. The summed E-state index contributed by atoms with van der Waals surface area (Å²) >= 11 is 15.5. The molecule has 0 aliphatic carbocycles. The zero-order valence-corrected chi connectivity index (χ0v) is 18.7. The topological polar surface area (TPSA) is 62.5 Å². The Hall–Kier alpha value is -0.950. The number of rotatable bonds is 4. The van der Waals surface area contributed by atoms with Gasteiger partial charge in [-0.15, -0.1) is 0 Å². The molecule has 0 atom stereocenters. The lowest BCUT2D eigenvalue weighted by molar-refractivity contribution is 0.0557. The first-order valence-corrected chi connectivity index (χ1v) is 11.2. The summed E-state index contributed by atoms with van der Waals surface area (Å²) in [5, 5.41) is 1.89. The Kier molecular flexibility index (Phi) is 5.74. The van der Waals surface area contributed by atoms with E-state index in [9.17, 15) is 13.3 Å². The van der Waals surface area contributed by atoms with Crippen molar-refractivity contribution >= 4 is 57.6 Å². The van der Waals surface area contributed by atoms with Crippen LogP contribution in [0.1, 0.15) is 22.4 Å². The van der Waals surface area contributed by atoms with Crippen LogP contribution in [0, 0.1) is 13.8 Å². The van der Waals surface area contributed by atoms with Crippen molar-refractivity contribution in [1.29, 1.82) is 0 Å². The van der Waals surface area contributed by atoms with Gasteiger partial charge < -0.3 is 14.4 Å². The van der Waals surface area contributed by atoms with Gasteiger partial charge in [-0.25, -0.2) is 0 Å². The smallest absolute Gasteiger partial charge is 0.339 e. The lowest BCUT2D eigenvalue weighted by atomic mass is 10.1. The third kappa shape index (κ3) is 3.64. The van der Waals surface area contributed by atoms with Gasteiger partial charge in [-0.3, -0.25) is 4.57 Å². The van der Waals surface area contributed by atoms with E-state index < -0.39 is 18.8 Å². The Morgan fingerprint density at radius 1 is 1.18 bits per heavy atom. The highest BCUT2D eigenvalue weighted by Crippen LogP contribution is 2.60. The monoisotopic (exact) mass is 511 g/mol. The van der Waals surface area contributed by atoms with Crippen molar-refractivity contribution in [2.75, 3.05) is 0 Å². The fourth-order valence-electron chi connectivity index (χ4n) is 3.13. The third-order valence-corrected chi connectivity index (χ3v) is 6.85. The Bertz CT molecular complexity index is 1140. The molecule has 1 aromatic heterocycles.